The van der Waals surface area contributed by atoms with Crippen molar-refractivity contribution in [2.24, 2.45) is 0 Å². The highest BCUT2D eigenvalue weighted by molar-refractivity contribution is 5.38. The first-order valence-corrected chi connectivity index (χ1v) is 12.3. The maximum absolute atomic E-state index is 4.15. The zero-order chi connectivity index (χ0) is 25.8. The number of hydrogen-bond acceptors (Lipinski definition) is 1. The minimum absolute atomic E-state index is 1.08. The first-order chi connectivity index (χ1) is 15.7. The Labute approximate surface area is 206 Å². The highest BCUT2D eigenvalue weighted by Crippen LogP contribution is 2.10. The van der Waals surface area contributed by atoms with E-state index in [1.54, 1.807) is 0 Å². The molecule has 0 radical (unpaired) electrons. The second-order valence-corrected chi connectivity index (χ2v) is 7.82. The summed E-state index contributed by atoms with van der Waals surface area (Å²) in [5, 5.41) is 0. The number of aryl methyl sites for hydroxylation is 5. The molecule has 1 heterocycles. The third-order valence-electron chi connectivity index (χ3n) is 5.15. The Kier molecular flexibility index (Phi) is 19.7. The predicted molar refractivity (Wildman–Crippen MR) is 152 cm³/mol. The Balaban J connectivity index is 0. The van der Waals surface area contributed by atoms with Gasteiger partial charge in [0.1, 0.15) is 0 Å². The van der Waals surface area contributed by atoms with E-state index in [0.29, 0.717) is 0 Å². The van der Waals surface area contributed by atoms with Gasteiger partial charge in [-0.25, -0.2) is 0 Å². The summed E-state index contributed by atoms with van der Waals surface area (Å²) >= 11 is 0. The highest BCUT2D eigenvalue weighted by Gasteiger charge is 1.92. The molecule has 0 atom stereocenters. The summed E-state index contributed by atoms with van der Waals surface area (Å²) in [5.41, 5.74) is 10.2. The highest BCUT2D eigenvalue weighted by atomic mass is 14.6. The summed E-state index contributed by atoms with van der Waals surface area (Å²) in [6.45, 7) is 26.7. The van der Waals surface area contributed by atoms with Crippen LogP contribution in [-0.4, -0.2) is 4.98 Å². The van der Waals surface area contributed by atoms with Gasteiger partial charge in [0.2, 0.25) is 0 Å². The van der Waals surface area contributed by atoms with E-state index >= 15 is 0 Å². The molecular formula is C32H49N. The maximum atomic E-state index is 4.15. The van der Waals surface area contributed by atoms with Gasteiger partial charge >= 0.3 is 0 Å². The predicted octanol–water partition coefficient (Wildman–Crippen LogP) is 9.88. The monoisotopic (exact) mass is 447 g/mol. The summed E-state index contributed by atoms with van der Waals surface area (Å²) < 4.78 is 0. The molecule has 0 unspecified atom stereocenters. The number of hydrogen-bond donors (Lipinski definition) is 0. The average molecular weight is 448 g/mol. The molecule has 33 heavy (non-hydrogen) atoms. The fourth-order valence-corrected chi connectivity index (χ4v) is 2.53. The molecule has 0 amide bonds. The second-order valence-electron chi connectivity index (χ2n) is 7.82. The average Bonchev–Trinajstić information content (AvgIpc) is 2.83. The number of allylic oxidation sites excluding steroid dienone is 7. The van der Waals surface area contributed by atoms with Gasteiger partial charge in [0.05, 0.1) is 0 Å². The second kappa shape index (κ2) is 20.0. The molecule has 0 N–H and O–H groups in total. The van der Waals surface area contributed by atoms with Crippen molar-refractivity contribution in [1.29, 1.82) is 0 Å². The van der Waals surface area contributed by atoms with Crippen LogP contribution >= 0.6 is 0 Å². The molecule has 2 rings (SSSR count). The van der Waals surface area contributed by atoms with Crippen LogP contribution in [0.4, 0.5) is 0 Å². The van der Waals surface area contributed by atoms with Crippen molar-refractivity contribution in [1.82, 2.24) is 4.98 Å². The van der Waals surface area contributed by atoms with Crippen LogP contribution in [0.25, 0.3) is 0 Å². The van der Waals surface area contributed by atoms with Crippen LogP contribution in [0.1, 0.15) is 83.3 Å². The molecule has 1 aromatic heterocycles. The lowest BCUT2D eigenvalue weighted by molar-refractivity contribution is 1.08. The van der Waals surface area contributed by atoms with Crippen molar-refractivity contribution in [2.45, 2.75) is 89.0 Å². The van der Waals surface area contributed by atoms with Crippen LogP contribution in [0.5, 0.6) is 0 Å². The Hall–Kier alpha value is -2.67. The van der Waals surface area contributed by atoms with Crippen molar-refractivity contribution >= 4 is 0 Å². The molecule has 1 aromatic carbocycles. The molecule has 0 saturated heterocycles. The lowest BCUT2D eigenvalue weighted by Crippen LogP contribution is -1.84. The first-order valence-electron chi connectivity index (χ1n) is 12.3. The number of pyridine rings is 1. The van der Waals surface area contributed by atoms with Gasteiger partial charge in [-0.15, -0.1) is 0 Å². The van der Waals surface area contributed by atoms with Gasteiger partial charge in [0.15, 0.2) is 0 Å². The lowest BCUT2D eigenvalue weighted by atomic mass is 10.1. The summed E-state index contributed by atoms with van der Waals surface area (Å²) in [6.07, 6.45) is 12.5. The van der Waals surface area contributed by atoms with E-state index in [0.717, 1.165) is 24.1 Å². The molecule has 0 saturated carbocycles. The number of rotatable bonds is 5. The van der Waals surface area contributed by atoms with Crippen LogP contribution in [0, 0.1) is 20.8 Å². The fourth-order valence-electron chi connectivity index (χ4n) is 2.53. The largest absolute Gasteiger partial charge is 0.261 e. The molecular weight excluding hydrogens is 398 g/mol. The summed E-state index contributed by atoms with van der Waals surface area (Å²) in [4.78, 5) is 4.15. The molecule has 0 aliphatic rings. The van der Waals surface area contributed by atoms with Crippen molar-refractivity contribution in [3.63, 3.8) is 0 Å². The molecule has 182 valence electrons. The normalized spacial score (nSPS) is 10.9. The van der Waals surface area contributed by atoms with E-state index in [-0.39, 0.29) is 0 Å². The zero-order valence-corrected chi connectivity index (χ0v) is 23.3. The van der Waals surface area contributed by atoms with E-state index in [9.17, 15) is 0 Å². The third kappa shape index (κ3) is 15.7. The topological polar surface area (TPSA) is 12.9 Å². The molecule has 0 spiro atoms. The molecule has 0 bridgehead atoms. The van der Waals surface area contributed by atoms with Crippen LogP contribution < -0.4 is 0 Å². The maximum Gasteiger partial charge on any atom is 0.0372 e. The van der Waals surface area contributed by atoms with Crippen molar-refractivity contribution in [3.05, 3.63) is 112 Å². The van der Waals surface area contributed by atoms with Gasteiger partial charge in [-0.1, -0.05) is 94.0 Å². The van der Waals surface area contributed by atoms with Crippen LogP contribution in [0.15, 0.2) is 84.1 Å². The Morgan fingerprint density at radius 2 is 1.39 bits per heavy atom. The van der Waals surface area contributed by atoms with Gasteiger partial charge in [0, 0.05) is 11.9 Å². The molecule has 0 fully saturated rings. The van der Waals surface area contributed by atoms with Gasteiger partial charge in [-0.05, 0) is 95.2 Å². The quantitative estimate of drug-likeness (QED) is 0.415. The van der Waals surface area contributed by atoms with Crippen LogP contribution in [0.3, 0.4) is 0 Å². The Bertz CT molecular complexity index is 877. The van der Waals surface area contributed by atoms with Crippen molar-refractivity contribution in [3.8, 4) is 0 Å². The van der Waals surface area contributed by atoms with Crippen LogP contribution in [-0.2, 0) is 12.8 Å². The number of nitrogens with zero attached hydrogens (tertiary/aromatic N) is 1. The van der Waals surface area contributed by atoms with E-state index in [1.165, 1.54) is 33.4 Å². The van der Waals surface area contributed by atoms with Gasteiger partial charge in [-0.3, -0.25) is 4.98 Å². The Morgan fingerprint density at radius 1 is 0.818 bits per heavy atom. The van der Waals surface area contributed by atoms with E-state index in [1.807, 2.05) is 53.8 Å². The smallest absolute Gasteiger partial charge is 0.0372 e. The molecule has 1 heteroatoms. The van der Waals surface area contributed by atoms with Gasteiger partial charge < -0.3 is 0 Å². The number of benzene rings is 1. The first kappa shape index (κ1) is 32.5. The zero-order valence-electron chi connectivity index (χ0n) is 23.3. The minimum atomic E-state index is 1.08. The summed E-state index contributed by atoms with van der Waals surface area (Å²) in [6, 6.07) is 10.8. The molecule has 0 aliphatic carbocycles. The summed E-state index contributed by atoms with van der Waals surface area (Å²) in [5.74, 6) is 0. The fraction of sp³-hybridized carbons (Fsp3) is 0.406. The SMILES string of the molecule is C=C(C)C(/C=C\C(C)=C/C)=C/C.CC.CCc1ccc(C)c(C)c1.CCc1ccc(C)nc1. The van der Waals surface area contributed by atoms with E-state index in [2.05, 4.69) is 94.8 Å². The number of aromatic nitrogens is 1. The van der Waals surface area contributed by atoms with Crippen molar-refractivity contribution < 1.29 is 0 Å². The minimum Gasteiger partial charge on any atom is -0.261 e. The van der Waals surface area contributed by atoms with Crippen molar-refractivity contribution in [2.75, 3.05) is 0 Å². The van der Waals surface area contributed by atoms with Gasteiger partial charge in [0.25, 0.3) is 0 Å². The third-order valence-corrected chi connectivity index (χ3v) is 5.15. The molecule has 1 nitrogen and oxygen atoms in total. The Morgan fingerprint density at radius 3 is 1.79 bits per heavy atom. The van der Waals surface area contributed by atoms with Gasteiger partial charge in [-0.2, -0.15) is 0 Å². The lowest BCUT2D eigenvalue weighted by Gasteiger charge is -2.01. The van der Waals surface area contributed by atoms with E-state index in [4.69, 9.17) is 0 Å². The van der Waals surface area contributed by atoms with Crippen LogP contribution in [0.2, 0.25) is 0 Å². The van der Waals surface area contributed by atoms with E-state index < -0.39 is 0 Å². The molecule has 0 aliphatic heterocycles. The molecule has 2 aromatic rings. The standard InChI is InChI=1S/C12H18.C10H14.C8H11N.C2H6/c1-6-11(5)8-9-12(7-2)10(3)4;1-4-10-6-5-8(2)9(3)7-10;1-3-8-5-4-7(2)9-6-8;1-2/h6-9H,3H2,1-2,4-5H3;5-7H,4H2,1-3H3;4-6H,3H2,1-2H3;1-2H3/b9-8-,11-6-,12-7+;;;. The summed E-state index contributed by atoms with van der Waals surface area (Å²) in [7, 11) is 0.